The summed E-state index contributed by atoms with van der Waals surface area (Å²) in [5.41, 5.74) is 5.69. The number of halogens is 3. The Bertz CT molecular complexity index is 404. The molecule has 3 atom stereocenters. The predicted octanol–water partition coefficient (Wildman–Crippen LogP) is 2.45. The molecule has 4 N–H and O–H groups in total. The molecule has 1 rings (SSSR count). The zero-order chi connectivity index (χ0) is 15.3. The van der Waals surface area contributed by atoms with Gasteiger partial charge in [-0.2, -0.15) is 13.2 Å². The topological polar surface area (TPSA) is 58.3 Å². The molecule has 0 amide bonds. The van der Waals surface area contributed by atoms with E-state index in [9.17, 15) is 18.3 Å². The molecule has 0 aliphatic rings. The molecule has 3 unspecified atom stereocenters. The van der Waals surface area contributed by atoms with Gasteiger partial charge in [-0.1, -0.05) is 12.1 Å². The van der Waals surface area contributed by atoms with Crippen LogP contribution in [0.5, 0.6) is 0 Å². The second-order valence-electron chi connectivity index (χ2n) is 5.06. The molecule has 0 fully saturated rings. The van der Waals surface area contributed by atoms with Crippen molar-refractivity contribution in [2.45, 2.75) is 44.6 Å². The van der Waals surface area contributed by atoms with Crippen LogP contribution in [-0.4, -0.2) is 23.8 Å². The van der Waals surface area contributed by atoms with E-state index in [0.29, 0.717) is 12.0 Å². The average molecular weight is 290 g/mol. The van der Waals surface area contributed by atoms with E-state index >= 15 is 0 Å². The maximum absolute atomic E-state index is 12.5. The van der Waals surface area contributed by atoms with Gasteiger partial charge < -0.3 is 16.2 Å². The summed E-state index contributed by atoms with van der Waals surface area (Å²) in [5, 5.41) is 12.5. The van der Waals surface area contributed by atoms with Crippen LogP contribution in [0.4, 0.5) is 13.2 Å². The summed E-state index contributed by atoms with van der Waals surface area (Å²) in [5.74, 6) is 0. The van der Waals surface area contributed by atoms with Crippen LogP contribution in [0.3, 0.4) is 0 Å². The lowest BCUT2D eigenvalue weighted by atomic mass is 10.0. The molecular formula is C14H21F3N2O. The number of nitrogens with one attached hydrogen (secondary N) is 1. The van der Waals surface area contributed by atoms with Crippen molar-refractivity contribution in [1.82, 2.24) is 5.32 Å². The number of alkyl halides is 3. The van der Waals surface area contributed by atoms with Gasteiger partial charge in [-0.05, 0) is 38.0 Å². The van der Waals surface area contributed by atoms with Crippen LogP contribution in [0.25, 0.3) is 0 Å². The summed E-state index contributed by atoms with van der Waals surface area (Å²) in [7, 11) is 0. The molecule has 0 aromatic heterocycles. The molecule has 0 heterocycles. The first-order valence-corrected chi connectivity index (χ1v) is 6.55. The fraction of sp³-hybridized carbons (Fsp3) is 0.571. The SMILES string of the molecule is CC(O)CC(C)NC(CN)c1ccc(C(F)(F)F)cc1. The molecule has 0 saturated carbocycles. The monoisotopic (exact) mass is 290 g/mol. The molecule has 0 saturated heterocycles. The van der Waals surface area contributed by atoms with Crippen LogP contribution >= 0.6 is 0 Å². The summed E-state index contributed by atoms with van der Waals surface area (Å²) in [4.78, 5) is 0. The second kappa shape index (κ2) is 7.06. The Kier molecular flexibility index (Phi) is 5.98. The summed E-state index contributed by atoms with van der Waals surface area (Å²) in [6, 6.07) is 4.76. The number of hydrogen-bond acceptors (Lipinski definition) is 3. The third-order valence-corrected chi connectivity index (χ3v) is 3.06. The molecule has 0 aliphatic heterocycles. The Morgan fingerprint density at radius 1 is 1.20 bits per heavy atom. The zero-order valence-electron chi connectivity index (χ0n) is 11.6. The maximum atomic E-state index is 12.5. The van der Waals surface area contributed by atoms with E-state index in [4.69, 9.17) is 5.73 Å². The molecule has 6 heteroatoms. The lowest BCUT2D eigenvalue weighted by Gasteiger charge is -2.23. The summed E-state index contributed by atoms with van der Waals surface area (Å²) >= 11 is 0. The van der Waals surface area contributed by atoms with Crippen molar-refractivity contribution in [3.8, 4) is 0 Å². The predicted molar refractivity (Wildman–Crippen MR) is 72.1 cm³/mol. The molecule has 0 radical (unpaired) electrons. The van der Waals surface area contributed by atoms with Gasteiger partial charge in [0.2, 0.25) is 0 Å². The van der Waals surface area contributed by atoms with Gasteiger partial charge in [0, 0.05) is 18.6 Å². The smallest absolute Gasteiger partial charge is 0.393 e. The largest absolute Gasteiger partial charge is 0.416 e. The number of aliphatic hydroxyl groups excluding tert-OH is 1. The third kappa shape index (κ3) is 5.11. The molecule has 20 heavy (non-hydrogen) atoms. The van der Waals surface area contributed by atoms with Gasteiger partial charge in [-0.15, -0.1) is 0 Å². The average Bonchev–Trinajstić information content (AvgIpc) is 2.34. The molecular weight excluding hydrogens is 269 g/mol. The molecule has 114 valence electrons. The van der Waals surface area contributed by atoms with Gasteiger partial charge in [-0.25, -0.2) is 0 Å². The van der Waals surface area contributed by atoms with Crippen molar-refractivity contribution >= 4 is 0 Å². The van der Waals surface area contributed by atoms with E-state index in [1.165, 1.54) is 12.1 Å². The minimum absolute atomic E-state index is 0.0193. The molecule has 1 aromatic carbocycles. The number of hydrogen-bond donors (Lipinski definition) is 3. The van der Waals surface area contributed by atoms with Crippen molar-refractivity contribution in [2.75, 3.05) is 6.54 Å². The van der Waals surface area contributed by atoms with Crippen molar-refractivity contribution in [2.24, 2.45) is 5.73 Å². The Hall–Kier alpha value is -1.11. The highest BCUT2D eigenvalue weighted by Gasteiger charge is 2.30. The van der Waals surface area contributed by atoms with E-state index in [0.717, 1.165) is 12.1 Å². The first-order chi connectivity index (χ1) is 9.24. The molecule has 0 bridgehead atoms. The number of nitrogens with two attached hydrogens (primary N) is 1. The van der Waals surface area contributed by atoms with Crippen LogP contribution in [0.15, 0.2) is 24.3 Å². The molecule has 0 aliphatic carbocycles. The van der Waals surface area contributed by atoms with Crippen LogP contribution in [0, 0.1) is 0 Å². The van der Waals surface area contributed by atoms with Gasteiger partial charge in [0.1, 0.15) is 0 Å². The molecule has 0 spiro atoms. The van der Waals surface area contributed by atoms with E-state index < -0.39 is 17.8 Å². The van der Waals surface area contributed by atoms with Crippen molar-refractivity contribution in [1.29, 1.82) is 0 Å². The first-order valence-electron chi connectivity index (χ1n) is 6.55. The lowest BCUT2D eigenvalue weighted by Crippen LogP contribution is -2.36. The maximum Gasteiger partial charge on any atom is 0.416 e. The summed E-state index contributed by atoms with van der Waals surface area (Å²) in [6.45, 7) is 3.86. The van der Waals surface area contributed by atoms with E-state index in [-0.39, 0.29) is 18.6 Å². The third-order valence-electron chi connectivity index (χ3n) is 3.06. The summed E-state index contributed by atoms with van der Waals surface area (Å²) in [6.07, 6.45) is -4.22. The minimum atomic E-state index is -4.33. The second-order valence-corrected chi connectivity index (χ2v) is 5.06. The highest BCUT2D eigenvalue weighted by atomic mass is 19.4. The first kappa shape index (κ1) is 16.9. The lowest BCUT2D eigenvalue weighted by molar-refractivity contribution is -0.137. The van der Waals surface area contributed by atoms with Crippen LogP contribution < -0.4 is 11.1 Å². The van der Waals surface area contributed by atoms with Crippen molar-refractivity contribution < 1.29 is 18.3 Å². The highest BCUT2D eigenvalue weighted by Crippen LogP contribution is 2.29. The van der Waals surface area contributed by atoms with E-state index in [2.05, 4.69) is 5.32 Å². The fourth-order valence-electron chi connectivity index (χ4n) is 2.13. The van der Waals surface area contributed by atoms with Crippen molar-refractivity contribution in [3.63, 3.8) is 0 Å². The Morgan fingerprint density at radius 2 is 1.75 bits per heavy atom. The Balaban J connectivity index is 2.75. The van der Waals surface area contributed by atoms with E-state index in [1.54, 1.807) is 6.92 Å². The Morgan fingerprint density at radius 3 is 2.15 bits per heavy atom. The number of aliphatic hydroxyl groups is 1. The Labute approximate surface area is 117 Å². The van der Waals surface area contributed by atoms with Gasteiger partial charge in [0.25, 0.3) is 0 Å². The zero-order valence-corrected chi connectivity index (χ0v) is 11.6. The van der Waals surface area contributed by atoms with Gasteiger partial charge in [-0.3, -0.25) is 0 Å². The molecule has 1 aromatic rings. The van der Waals surface area contributed by atoms with Crippen LogP contribution in [0.2, 0.25) is 0 Å². The van der Waals surface area contributed by atoms with Crippen molar-refractivity contribution in [3.05, 3.63) is 35.4 Å². The van der Waals surface area contributed by atoms with Gasteiger partial charge in [0.05, 0.1) is 11.7 Å². The highest BCUT2D eigenvalue weighted by molar-refractivity contribution is 5.27. The van der Waals surface area contributed by atoms with Gasteiger partial charge >= 0.3 is 6.18 Å². The molecule has 3 nitrogen and oxygen atoms in total. The standard InChI is InChI=1S/C14H21F3N2O/c1-9(7-10(2)20)19-13(8-18)11-3-5-12(6-4-11)14(15,16)17/h3-6,9-10,13,19-20H,7-8,18H2,1-2H3. The summed E-state index contributed by atoms with van der Waals surface area (Å²) < 4.78 is 37.5. The fourth-order valence-corrected chi connectivity index (χ4v) is 2.13. The van der Waals surface area contributed by atoms with Gasteiger partial charge in [0.15, 0.2) is 0 Å². The normalized spacial score (nSPS) is 16.8. The number of benzene rings is 1. The van der Waals surface area contributed by atoms with Crippen LogP contribution in [0.1, 0.15) is 37.4 Å². The quantitative estimate of drug-likeness (QED) is 0.754. The van der Waals surface area contributed by atoms with E-state index in [1.807, 2.05) is 6.92 Å². The minimum Gasteiger partial charge on any atom is -0.393 e. The number of rotatable bonds is 6. The van der Waals surface area contributed by atoms with Crippen LogP contribution in [-0.2, 0) is 6.18 Å².